The van der Waals surface area contributed by atoms with Crippen LogP contribution in [-0.4, -0.2) is 27.0 Å². The van der Waals surface area contributed by atoms with Gasteiger partial charge in [0.15, 0.2) is 6.61 Å². The van der Waals surface area contributed by atoms with Crippen LogP contribution in [0.3, 0.4) is 0 Å². The maximum absolute atomic E-state index is 12.0. The summed E-state index contributed by atoms with van der Waals surface area (Å²) in [6, 6.07) is 11.2. The summed E-state index contributed by atoms with van der Waals surface area (Å²) in [6.45, 7) is -0.254. The summed E-state index contributed by atoms with van der Waals surface area (Å²) in [7, 11) is 0. The molecular formula is C17H12N4O6. The molecule has 0 saturated heterocycles. The average molecular weight is 368 g/mol. The minimum absolute atomic E-state index is 0.0604. The molecule has 0 fully saturated rings. The molecule has 2 aromatic carbocycles. The van der Waals surface area contributed by atoms with Crippen LogP contribution in [0, 0.1) is 10.1 Å². The number of carbonyl (C=O) groups excluding carboxylic acids is 2. The van der Waals surface area contributed by atoms with Crippen LogP contribution in [-0.2, 0) is 11.3 Å². The van der Waals surface area contributed by atoms with Gasteiger partial charge in [0.05, 0.1) is 10.5 Å². The molecule has 136 valence electrons. The summed E-state index contributed by atoms with van der Waals surface area (Å²) in [5, 5.41) is 18.2. The highest BCUT2D eigenvalue weighted by Gasteiger charge is 2.14. The van der Waals surface area contributed by atoms with Crippen molar-refractivity contribution in [2.24, 2.45) is 5.73 Å². The molecule has 2 N–H and O–H groups in total. The van der Waals surface area contributed by atoms with Crippen molar-refractivity contribution in [2.45, 2.75) is 6.61 Å². The van der Waals surface area contributed by atoms with Gasteiger partial charge in [-0.15, -0.1) is 10.2 Å². The Bertz CT molecular complexity index is 995. The number of esters is 1. The number of nitrogens with zero attached hydrogens (tertiary/aromatic N) is 3. The number of benzene rings is 2. The summed E-state index contributed by atoms with van der Waals surface area (Å²) in [4.78, 5) is 33.1. The highest BCUT2D eigenvalue weighted by molar-refractivity contribution is 5.95. The number of amides is 1. The Morgan fingerprint density at radius 2 is 1.67 bits per heavy atom. The van der Waals surface area contributed by atoms with Crippen LogP contribution in [0.15, 0.2) is 52.9 Å². The molecule has 0 aliphatic carbocycles. The number of nitrogens with two attached hydrogens (primary N) is 1. The van der Waals surface area contributed by atoms with E-state index in [9.17, 15) is 19.7 Å². The summed E-state index contributed by atoms with van der Waals surface area (Å²) in [6.07, 6.45) is 0. The Morgan fingerprint density at radius 1 is 1.04 bits per heavy atom. The van der Waals surface area contributed by atoms with Crippen LogP contribution in [0.5, 0.6) is 0 Å². The molecule has 0 bridgehead atoms. The van der Waals surface area contributed by atoms with E-state index in [4.69, 9.17) is 14.9 Å². The molecule has 0 unspecified atom stereocenters. The minimum atomic E-state index is -0.638. The maximum Gasteiger partial charge on any atom is 0.338 e. The fraction of sp³-hybridized carbons (Fsp3) is 0.0588. The quantitative estimate of drug-likeness (QED) is 0.394. The molecule has 10 nitrogen and oxygen atoms in total. The van der Waals surface area contributed by atoms with Gasteiger partial charge in [0.2, 0.25) is 11.8 Å². The van der Waals surface area contributed by atoms with Crippen molar-refractivity contribution >= 4 is 17.6 Å². The molecule has 0 saturated carbocycles. The van der Waals surface area contributed by atoms with Crippen molar-refractivity contribution in [1.29, 1.82) is 0 Å². The molecule has 0 aliphatic heterocycles. The zero-order valence-electron chi connectivity index (χ0n) is 13.7. The van der Waals surface area contributed by atoms with Gasteiger partial charge in [-0.25, -0.2) is 4.79 Å². The van der Waals surface area contributed by atoms with Crippen molar-refractivity contribution in [2.75, 3.05) is 0 Å². The third-order valence-corrected chi connectivity index (χ3v) is 3.52. The first-order chi connectivity index (χ1) is 12.9. The van der Waals surface area contributed by atoms with Crippen LogP contribution in [0.2, 0.25) is 0 Å². The lowest BCUT2D eigenvalue weighted by molar-refractivity contribution is -0.384. The molecule has 0 spiro atoms. The van der Waals surface area contributed by atoms with Gasteiger partial charge in [-0.2, -0.15) is 0 Å². The van der Waals surface area contributed by atoms with Crippen molar-refractivity contribution in [3.05, 3.63) is 75.7 Å². The molecule has 1 heterocycles. The van der Waals surface area contributed by atoms with E-state index in [0.717, 1.165) is 0 Å². The lowest BCUT2D eigenvalue weighted by Crippen LogP contribution is -2.11. The second-order valence-electron chi connectivity index (χ2n) is 5.32. The average Bonchev–Trinajstić information content (AvgIpc) is 3.15. The minimum Gasteiger partial charge on any atom is -0.452 e. The van der Waals surface area contributed by atoms with E-state index in [1.165, 1.54) is 48.5 Å². The standard InChI is InChI=1S/C17H12N4O6/c18-15(22)10-1-3-12(4-2-10)17(23)26-9-14-19-20-16(27-14)11-5-7-13(8-6-11)21(24)25/h1-8H,9H2,(H2,18,22). The third-order valence-electron chi connectivity index (χ3n) is 3.52. The Morgan fingerprint density at radius 3 is 2.26 bits per heavy atom. The summed E-state index contributed by atoms with van der Waals surface area (Å²) in [5.41, 5.74) is 6.07. The van der Waals surface area contributed by atoms with Crippen molar-refractivity contribution in [1.82, 2.24) is 10.2 Å². The van der Waals surface area contributed by atoms with Crippen LogP contribution in [0.4, 0.5) is 5.69 Å². The Labute approximate surface area is 151 Å². The number of nitro benzene ring substituents is 1. The Kier molecular flexibility index (Phi) is 4.88. The van der Waals surface area contributed by atoms with Gasteiger partial charge in [0.25, 0.3) is 11.6 Å². The summed E-state index contributed by atoms with van der Waals surface area (Å²) in [5.74, 6) is -1.03. The largest absolute Gasteiger partial charge is 0.452 e. The molecule has 1 aromatic heterocycles. The third kappa shape index (κ3) is 4.12. The van der Waals surface area contributed by atoms with Crippen molar-refractivity contribution in [3.8, 4) is 11.5 Å². The molecular weight excluding hydrogens is 356 g/mol. The Hall–Kier alpha value is -4.08. The molecule has 27 heavy (non-hydrogen) atoms. The van der Waals surface area contributed by atoms with Gasteiger partial charge in [0.1, 0.15) is 0 Å². The monoisotopic (exact) mass is 368 g/mol. The Balaban J connectivity index is 1.62. The predicted octanol–water partition coefficient (Wildman–Crippen LogP) is 2.10. The number of primary amides is 1. The van der Waals surface area contributed by atoms with Crippen LogP contribution >= 0.6 is 0 Å². The summed E-state index contributed by atoms with van der Waals surface area (Å²) >= 11 is 0. The van der Waals surface area contributed by atoms with E-state index in [2.05, 4.69) is 10.2 Å². The zero-order chi connectivity index (χ0) is 19.4. The molecule has 3 rings (SSSR count). The number of ether oxygens (including phenoxy) is 1. The first-order valence-corrected chi connectivity index (χ1v) is 7.58. The molecule has 0 radical (unpaired) electrons. The maximum atomic E-state index is 12.0. The second-order valence-corrected chi connectivity index (χ2v) is 5.32. The number of nitro groups is 1. The van der Waals surface area contributed by atoms with Crippen LogP contribution in [0.25, 0.3) is 11.5 Å². The van der Waals surface area contributed by atoms with Gasteiger partial charge < -0.3 is 14.9 Å². The van der Waals surface area contributed by atoms with Crippen LogP contribution in [0.1, 0.15) is 26.6 Å². The zero-order valence-corrected chi connectivity index (χ0v) is 13.7. The van der Waals surface area contributed by atoms with Gasteiger partial charge in [-0.05, 0) is 36.4 Å². The highest BCUT2D eigenvalue weighted by atomic mass is 16.6. The number of rotatable bonds is 6. The van der Waals surface area contributed by atoms with E-state index in [0.29, 0.717) is 5.56 Å². The number of non-ortho nitro benzene ring substituents is 1. The van der Waals surface area contributed by atoms with Gasteiger partial charge in [0, 0.05) is 23.3 Å². The van der Waals surface area contributed by atoms with E-state index >= 15 is 0 Å². The van der Waals surface area contributed by atoms with Gasteiger partial charge in [-0.3, -0.25) is 14.9 Å². The molecule has 0 aliphatic rings. The highest BCUT2D eigenvalue weighted by Crippen LogP contribution is 2.21. The number of hydrogen-bond acceptors (Lipinski definition) is 8. The fourth-order valence-electron chi connectivity index (χ4n) is 2.14. The number of carbonyl (C=O) groups is 2. The first-order valence-electron chi connectivity index (χ1n) is 7.58. The van der Waals surface area contributed by atoms with Crippen LogP contribution < -0.4 is 5.73 Å². The van der Waals surface area contributed by atoms with E-state index < -0.39 is 16.8 Å². The topological polar surface area (TPSA) is 151 Å². The van der Waals surface area contributed by atoms with Gasteiger partial charge >= 0.3 is 5.97 Å². The summed E-state index contributed by atoms with van der Waals surface area (Å²) < 4.78 is 10.4. The first kappa shape index (κ1) is 17.7. The van der Waals surface area contributed by atoms with E-state index in [1.807, 2.05) is 0 Å². The molecule has 1 amide bonds. The van der Waals surface area contributed by atoms with E-state index in [-0.39, 0.29) is 35.2 Å². The van der Waals surface area contributed by atoms with E-state index in [1.54, 1.807) is 0 Å². The lowest BCUT2D eigenvalue weighted by atomic mass is 10.1. The van der Waals surface area contributed by atoms with Crippen molar-refractivity contribution in [3.63, 3.8) is 0 Å². The number of hydrogen-bond donors (Lipinski definition) is 1. The van der Waals surface area contributed by atoms with Gasteiger partial charge in [-0.1, -0.05) is 0 Å². The molecule has 10 heteroatoms. The number of aromatic nitrogens is 2. The van der Waals surface area contributed by atoms with Crippen molar-refractivity contribution < 1.29 is 23.7 Å². The SMILES string of the molecule is NC(=O)c1ccc(C(=O)OCc2nnc(-c3ccc([N+](=O)[O-])cc3)o2)cc1. The lowest BCUT2D eigenvalue weighted by Gasteiger charge is -2.02. The fourth-order valence-corrected chi connectivity index (χ4v) is 2.14. The predicted molar refractivity (Wildman–Crippen MR) is 90.5 cm³/mol. The normalized spacial score (nSPS) is 10.4. The molecule has 0 atom stereocenters. The second kappa shape index (κ2) is 7.44. The smallest absolute Gasteiger partial charge is 0.338 e. The molecule has 3 aromatic rings.